The van der Waals surface area contributed by atoms with Crippen molar-refractivity contribution in [1.29, 1.82) is 0 Å². The van der Waals surface area contributed by atoms with Crippen LogP contribution in [0, 0.1) is 17.8 Å². The molecule has 86 valence electrons. The molecule has 14 heavy (non-hydrogen) atoms. The molecule has 0 heterocycles. The van der Waals surface area contributed by atoms with Crippen LogP contribution in [0.15, 0.2) is 0 Å². The van der Waals surface area contributed by atoms with Gasteiger partial charge in [-0.1, -0.05) is 27.2 Å². The summed E-state index contributed by atoms with van der Waals surface area (Å²) in [4.78, 5) is 0. The molecule has 0 bridgehead atoms. The highest BCUT2D eigenvalue weighted by molar-refractivity contribution is 4.79. The van der Waals surface area contributed by atoms with E-state index >= 15 is 0 Å². The van der Waals surface area contributed by atoms with E-state index in [0.717, 1.165) is 12.3 Å². The molecule has 2 heteroatoms. The Bertz CT molecular complexity index is 134. The van der Waals surface area contributed by atoms with Gasteiger partial charge in [-0.25, -0.2) is 0 Å². The van der Waals surface area contributed by atoms with Crippen molar-refractivity contribution in [2.24, 2.45) is 17.8 Å². The summed E-state index contributed by atoms with van der Waals surface area (Å²) in [6, 6.07) is 0. The van der Waals surface area contributed by atoms with E-state index in [1.807, 2.05) is 0 Å². The minimum atomic E-state index is -0.0289. The van der Waals surface area contributed by atoms with Crippen LogP contribution < -0.4 is 0 Å². The van der Waals surface area contributed by atoms with Crippen LogP contribution in [0.5, 0.6) is 0 Å². The fraction of sp³-hybridized carbons (Fsp3) is 1.00. The Labute approximate surface area is 88.7 Å². The van der Waals surface area contributed by atoms with Gasteiger partial charge in [0.15, 0.2) is 0 Å². The van der Waals surface area contributed by atoms with Gasteiger partial charge in [-0.2, -0.15) is 0 Å². The van der Waals surface area contributed by atoms with Gasteiger partial charge in [-0.15, -0.1) is 0 Å². The SMILES string of the molecule is CC1CCC(C(C)C)C(O)C1.COC. The summed E-state index contributed by atoms with van der Waals surface area (Å²) in [5.74, 6) is 1.95. The second-order valence-electron chi connectivity index (χ2n) is 4.80. The van der Waals surface area contributed by atoms with Crippen molar-refractivity contribution in [3.63, 3.8) is 0 Å². The molecule has 0 aromatic carbocycles. The van der Waals surface area contributed by atoms with Crippen LogP contribution in [0.25, 0.3) is 0 Å². The summed E-state index contributed by atoms with van der Waals surface area (Å²) >= 11 is 0. The number of hydrogen-bond donors (Lipinski definition) is 1. The van der Waals surface area contributed by atoms with E-state index < -0.39 is 0 Å². The number of rotatable bonds is 1. The van der Waals surface area contributed by atoms with Crippen molar-refractivity contribution in [1.82, 2.24) is 0 Å². The van der Waals surface area contributed by atoms with Crippen LogP contribution in [0.4, 0.5) is 0 Å². The van der Waals surface area contributed by atoms with Crippen molar-refractivity contribution in [2.75, 3.05) is 14.2 Å². The van der Waals surface area contributed by atoms with Crippen molar-refractivity contribution in [3.8, 4) is 0 Å². The van der Waals surface area contributed by atoms with Gasteiger partial charge < -0.3 is 9.84 Å². The average molecular weight is 202 g/mol. The predicted molar refractivity (Wildman–Crippen MR) is 60.3 cm³/mol. The summed E-state index contributed by atoms with van der Waals surface area (Å²) in [5, 5.41) is 9.71. The summed E-state index contributed by atoms with van der Waals surface area (Å²) in [6.45, 7) is 6.66. The second kappa shape index (κ2) is 7.24. The van der Waals surface area contributed by atoms with Crippen molar-refractivity contribution >= 4 is 0 Å². The van der Waals surface area contributed by atoms with Crippen LogP contribution in [0.3, 0.4) is 0 Å². The number of hydrogen-bond acceptors (Lipinski definition) is 2. The average Bonchev–Trinajstić information content (AvgIpc) is 2.04. The zero-order chi connectivity index (χ0) is 11.1. The minimum absolute atomic E-state index is 0.0289. The molecule has 0 amide bonds. The molecule has 0 aromatic rings. The molecule has 0 aliphatic heterocycles. The van der Waals surface area contributed by atoms with Gasteiger partial charge in [-0.05, 0) is 30.6 Å². The molecule has 0 spiro atoms. The molecule has 2 nitrogen and oxygen atoms in total. The Kier molecular flexibility index (Phi) is 7.20. The number of methoxy groups -OCH3 is 1. The fourth-order valence-corrected chi connectivity index (χ4v) is 2.15. The third-order valence-corrected chi connectivity index (χ3v) is 2.99. The van der Waals surface area contributed by atoms with Crippen LogP contribution in [0.2, 0.25) is 0 Å². The topological polar surface area (TPSA) is 29.5 Å². The number of aliphatic hydroxyl groups excluding tert-OH is 1. The van der Waals surface area contributed by atoms with Crippen LogP contribution >= 0.6 is 0 Å². The molecule has 0 radical (unpaired) electrons. The molecule has 1 fully saturated rings. The Balaban J connectivity index is 0.000000500. The van der Waals surface area contributed by atoms with Gasteiger partial charge >= 0.3 is 0 Å². The number of aliphatic hydroxyl groups is 1. The Morgan fingerprint density at radius 3 is 2.07 bits per heavy atom. The summed E-state index contributed by atoms with van der Waals surface area (Å²) in [7, 11) is 3.25. The molecule has 0 aromatic heterocycles. The van der Waals surface area contributed by atoms with E-state index in [4.69, 9.17) is 0 Å². The first-order valence-electron chi connectivity index (χ1n) is 5.61. The smallest absolute Gasteiger partial charge is 0.0573 e. The third-order valence-electron chi connectivity index (χ3n) is 2.99. The highest BCUT2D eigenvalue weighted by atomic mass is 16.4. The van der Waals surface area contributed by atoms with E-state index in [9.17, 15) is 5.11 Å². The highest BCUT2D eigenvalue weighted by Crippen LogP contribution is 2.33. The van der Waals surface area contributed by atoms with E-state index in [1.165, 1.54) is 12.8 Å². The third kappa shape index (κ3) is 4.97. The van der Waals surface area contributed by atoms with Gasteiger partial charge in [0.2, 0.25) is 0 Å². The van der Waals surface area contributed by atoms with Gasteiger partial charge in [0.25, 0.3) is 0 Å². The molecule has 3 unspecified atom stereocenters. The van der Waals surface area contributed by atoms with Crippen molar-refractivity contribution < 1.29 is 9.84 Å². The molecule has 1 aliphatic rings. The van der Waals surface area contributed by atoms with Crippen molar-refractivity contribution in [3.05, 3.63) is 0 Å². The van der Waals surface area contributed by atoms with Gasteiger partial charge in [0, 0.05) is 14.2 Å². The first-order valence-corrected chi connectivity index (χ1v) is 5.61. The highest BCUT2D eigenvalue weighted by Gasteiger charge is 2.28. The Hall–Kier alpha value is -0.0800. The van der Waals surface area contributed by atoms with Gasteiger partial charge in [-0.3, -0.25) is 0 Å². The lowest BCUT2D eigenvalue weighted by Crippen LogP contribution is -2.31. The standard InChI is InChI=1S/C10H20O.C2H6O/c1-7(2)9-5-4-8(3)6-10(9)11;1-3-2/h7-11H,4-6H2,1-3H3;1-2H3. The van der Waals surface area contributed by atoms with E-state index in [2.05, 4.69) is 25.5 Å². The molecule has 3 atom stereocenters. The zero-order valence-electron chi connectivity index (χ0n) is 10.3. The van der Waals surface area contributed by atoms with Gasteiger partial charge in [0.1, 0.15) is 0 Å². The summed E-state index contributed by atoms with van der Waals surface area (Å²) in [6.07, 6.45) is 3.52. The number of ether oxygens (including phenoxy) is 1. The maximum absolute atomic E-state index is 9.71. The lowest BCUT2D eigenvalue weighted by Gasteiger charge is -2.33. The first-order chi connectivity index (χ1) is 6.52. The maximum atomic E-state index is 9.71. The maximum Gasteiger partial charge on any atom is 0.0573 e. The lowest BCUT2D eigenvalue weighted by molar-refractivity contribution is 0.0266. The largest absolute Gasteiger partial charge is 0.393 e. The normalized spacial score (nSPS) is 32.4. The summed E-state index contributed by atoms with van der Waals surface area (Å²) in [5.41, 5.74) is 0. The van der Waals surface area contributed by atoms with Crippen LogP contribution in [-0.2, 0) is 4.74 Å². The molecular formula is C12H26O2. The quantitative estimate of drug-likeness (QED) is 0.708. The van der Waals surface area contributed by atoms with Crippen LogP contribution in [-0.4, -0.2) is 25.4 Å². The second-order valence-corrected chi connectivity index (χ2v) is 4.80. The molecule has 0 saturated heterocycles. The Morgan fingerprint density at radius 1 is 1.21 bits per heavy atom. The van der Waals surface area contributed by atoms with Crippen LogP contribution in [0.1, 0.15) is 40.0 Å². The van der Waals surface area contributed by atoms with Crippen molar-refractivity contribution in [2.45, 2.75) is 46.1 Å². The predicted octanol–water partition coefficient (Wildman–Crippen LogP) is 2.70. The van der Waals surface area contributed by atoms with Gasteiger partial charge in [0.05, 0.1) is 6.10 Å². The monoisotopic (exact) mass is 202 g/mol. The van der Waals surface area contributed by atoms with E-state index in [-0.39, 0.29) is 6.10 Å². The van der Waals surface area contributed by atoms with E-state index in [1.54, 1.807) is 14.2 Å². The fourth-order valence-electron chi connectivity index (χ4n) is 2.15. The summed E-state index contributed by atoms with van der Waals surface area (Å²) < 4.78 is 4.25. The lowest BCUT2D eigenvalue weighted by atomic mass is 9.75. The first kappa shape index (κ1) is 13.9. The Morgan fingerprint density at radius 2 is 1.71 bits per heavy atom. The molecular weight excluding hydrogens is 176 g/mol. The zero-order valence-corrected chi connectivity index (χ0v) is 10.3. The molecule has 1 aliphatic carbocycles. The molecule has 1 saturated carbocycles. The van der Waals surface area contributed by atoms with E-state index in [0.29, 0.717) is 11.8 Å². The molecule has 1 N–H and O–H groups in total. The molecule has 1 rings (SSSR count). The minimum Gasteiger partial charge on any atom is -0.393 e.